The van der Waals surface area contributed by atoms with Gasteiger partial charge in [-0.15, -0.1) is 0 Å². The lowest BCUT2D eigenvalue weighted by molar-refractivity contribution is -0.386. The van der Waals surface area contributed by atoms with Crippen LogP contribution in [-0.2, 0) is 11.3 Å². The van der Waals surface area contributed by atoms with Gasteiger partial charge in [-0.1, -0.05) is 0 Å². The molecule has 3 heterocycles. The Morgan fingerprint density at radius 1 is 1.32 bits per heavy atom. The van der Waals surface area contributed by atoms with Crippen molar-refractivity contribution >= 4 is 11.6 Å². The minimum absolute atomic E-state index is 0.0485. The number of rotatable bonds is 5. The van der Waals surface area contributed by atoms with Crippen LogP contribution in [0.1, 0.15) is 24.2 Å². The van der Waals surface area contributed by atoms with Crippen LogP contribution in [0.2, 0.25) is 0 Å². The molecule has 1 unspecified atom stereocenters. The van der Waals surface area contributed by atoms with Crippen molar-refractivity contribution in [3.05, 3.63) is 21.5 Å². The Kier molecular flexibility index (Phi) is 5.33. The fourth-order valence-electron chi connectivity index (χ4n) is 3.84. The van der Waals surface area contributed by atoms with E-state index in [2.05, 4.69) is 15.3 Å². The number of nitro groups is 1. The van der Waals surface area contributed by atoms with Crippen LogP contribution in [0.3, 0.4) is 0 Å². The molecule has 3 rings (SSSR count). The highest BCUT2D eigenvalue weighted by molar-refractivity contribution is 5.76. The van der Waals surface area contributed by atoms with Gasteiger partial charge >= 0.3 is 5.69 Å². The molecule has 1 aromatic heterocycles. The molecule has 0 radical (unpaired) electrons. The van der Waals surface area contributed by atoms with Crippen LogP contribution in [0.25, 0.3) is 0 Å². The quantitative estimate of drug-likeness (QED) is 0.606. The van der Waals surface area contributed by atoms with Gasteiger partial charge in [0.2, 0.25) is 5.91 Å². The number of aryl methyl sites for hydroxylation is 2. The Bertz CT molecular complexity index is 653. The lowest BCUT2D eigenvalue weighted by Gasteiger charge is -2.32. The number of hydrogen-bond donors (Lipinski definition) is 1. The Balaban J connectivity index is 1.53. The minimum Gasteiger partial charge on any atom is -0.341 e. The van der Waals surface area contributed by atoms with Gasteiger partial charge in [-0.3, -0.25) is 24.5 Å². The van der Waals surface area contributed by atoms with Crippen LogP contribution in [-0.4, -0.2) is 75.7 Å². The predicted molar refractivity (Wildman–Crippen MR) is 92.4 cm³/mol. The highest BCUT2D eigenvalue weighted by atomic mass is 16.6. The average Bonchev–Trinajstić information content (AvgIpc) is 3.18. The van der Waals surface area contributed by atoms with E-state index in [1.165, 1.54) is 0 Å². The van der Waals surface area contributed by atoms with Crippen LogP contribution in [0.4, 0.5) is 5.69 Å². The molecular weight excluding hydrogens is 324 g/mol. The highest BCUT2D eigenvalue weighted by Crippen LogP contribution is 2.22. The van der Waals surface area contributed by atoms with Gasteiger partial charge in [0.05, 0.1) is 11.5 Å². The first-order valence-electron chi connectivity index (χ1n) is 8.88. The summed E-state index contributed by atoms with van der Waals surface area (Å²) in [6.07, 6.45) is 1.35. The smallest absolute Gasteiger partial charge is 0.312 e. The molecule has 9 nitrogen and oxygen atoms in total. The molecule has 2 aliphatic heterocycles. The second kappa shape index (κ2) is 7.49. The van der Waals surface area contributed by atoms with E-state index in [1.54, 1.807) is 18.5 Å². The summed E-state index contributed by atoms with van der Waals surface area (Å²) in [6, 6.07) is 0.459. The van der Waals surface area contributed by atoms with Crippen molar-refractivity contribution in [2.45, 2.75) is 39.3 Å². The van der Waals surface area contributed by atoms with Crippen molar-refractivity contribution in [1.29, 1.82) is 0 Å². The molecule has 2 fully saturated rings. The maximum absolute atomic E-state index is 12.5. The van der Waals surface area contributed by atoms with Crippen molar-refractivity contribution in [2.24, 2.45) is 0 Å². The number of hydrogen-bond acceptors (Lipinski definition) is 6. The molecule has 1 amide bonds. The van der Waals surface area contributed by atoms with E-state index in [9.17, 15) is 14.9 Å². The first-order chi connectivity index (χ1) is 12.0. The van der Waals surface area contributed by atoms with Crippen LogP contribution in [0, 0.1) is 24.0 Å². The molecule has 0 spiro atoms. The largest absolute Gasteiger partial charge is 0.341 e. The topological polar surface area (TPSA) is 96.5 Å². The summed E-state index contributed by atoms with van der Waals surface area (Å²) in [7, 11) is 0. The first kappa shape index (κ1) is 17.8. The summed E-state index contributed by atoms with van der Waals surface area (Å²) in [5.41, 5.74) is 0.956. The molecule has 0 aliphatic carbocycles. The zero-order valence-electron chi connectivity index (χ0n) is 14.9. The molecule has 0 saturated carbocycles. The fourth-order valence-corrected chi connectivity index (χ4v) is 3.84. The zero-order chi connectivity index (χ0) is 18.0. The standard InChI is InChI=1S/C16H26N6O3/c1-12-16(22(24)25)13(2)21(18-12)8-4-15(23)20-7-3-14(11-20)19-9-5-17-6-10-19/h14,17H,3-11H2,1-2H3. The van der Waals surface area contributed by atoms with Gasteiger partial charge in [0.15, 0.2) is 0 Å². The molecular formula is C16H26N6O3. The highest BCUT2D eigenvalue weighted by Gasteiger charge is 2.31. The number of carbonyl (C=O) groups excluding carboxylic acids is 1. The van der Waals surface area contributed by atoms with Crippen molar-refractivity contribution < 1.29 is 9.72 Å². The van der Waals surface area contributed by atoms with E-state index in [1.807, 2.05) is 4.90 Å². The van der Waals surface area contributed by atoms with Crippen molar-refractivity contribution in [3.8, 4) is 0 Å². The second-order valence-electron chi connectivity index (χ2n) is 6.82. The van der Waals surface area contributed by atoms with Gasteiger partial charge in [0, 0.05) is 51.7 Å². The number of nitrogens with zero attached hydrogens (tertiary/aromatic N) is 5. The van der Waals surface area contributed by atoms with Crippen LogP contribution in [0.5, 0.6) is 0 Å². The van der Waals surface area contributed by atoms with Crippen molar-refractivity contribution in [3.63, 3.8) is 0 Å². The summed E-state index contributed by atoms with van der Waals surface area (Å²) in [4.78, 5) is 27.5. The monoisotopic (exact) mass is 350 g/mol. The Hall–Kier alpha value is -2.00. The second-order valence-corrected chi connectivity index (χ2v) is 6.82. The molecule has 25 heavy (non-hydrogen) atoms. The lowest BCUT2D eigenvalue weighted by Crippen LogP contribution is -2.49. The van der Waals surface area contributed by atoms with Gasteiger partial charge in [-0.25, -0.2) is 0 Å². The van der Waals surface area contributed by atoms with Gasteiger partial charge in [0.1, 0.15) is 11.4 Å². The maximum atomic E-state index is 12.5. The summed E-state index contributed by atoms with van der Waals surface area (Å²) in [6.45, 7) is 9.39. The fraction of sp³-hybridized carbons (Fsp3) is 0.750. The van der Waals surface area contributed by atoms with E-state index in [0.717, 1.165) is 45.7 Å². The number of piperazine rings is 1. The van der Waals surface area contributed by atoms with Crippen LogP contribution >= 0.6 is 0 Å². The third kappa shape index (κ3) is 3.82. The first-order valence-corrected chi connectivity index (χ1v) is 8.88. The Morgan fingerprint density at radius 2 is 2.04 bits per heavy atom. The Morgan fingerprint density at radius 3 is 2.68 bits per heavy atom. The molecule has 1 N–H and O–H groups in total. The lowest BCUT2D eigenvalue weighted by atomic mass is 10.2. The number of aromatic nitrogens is 2. The third-order valence-electron chi connectivity index (χ3n) is 5.25. The van der Waals surface area contributed by atoms with Crippen LogP contribution < -0.4 is 5.32 Å². The van der Waals surface area contributed by atoms with Crippen LogP contribution in [0.15, 0.2) is 0 Å². The SMILES string of the molecule is Cc1nn(CCC(=O)N2CCC(N3CCNCC3)C2)c(C)c1[N+](=O)[O-]. The zero-order valence-corrected chi connectivity index (χ0v) is 14.9. The minimum atomic E-state index is -0.408. The third-order valence-corrected chi connectivity index (χ3v) is 5.25. The van der Waals surface area contributed by atoms with Crippen molar-refractivity contribution in [1.82, 2.24) is 24.9 Å². The molecule has 9 heteroatoms. The van der Waals surface area contributed by atoms with E-state index in [4.69, 9.17) is 0 Å². The molecule has 0 bridgehead atoms. The number of nitrogens with one attached hydrogen (secondary N) is 1. The normalized spacial score (nSPS) is 21.7. The summed E-state index contributed by atoms with van der Waals surface area (Å²) < 4.78 is 1.58. The van der Waals surface area contributed by atoms with Gasteiger partial charge in [-0.05, 0) is 20.3 Å². The maximum Gasteiger partial charge on any atom is 0.312 e. The molecule has 0 aromatic carbocycles. The number of carbonyl (C=O) groups is 1. The molecule has 2 aliphatic rings. The van der Waals surface area contributed by atoms with Gasteiger partial charge in [-0.2, -0.15) is 5.10 Å². The summed E-state index contributed by atoms with van der Waals surface area (Å²) >= 11 is 0. The van der Waals surface area contributed by atoms with E-state index < -0.39 is 4.92 Å². The Labute approximate surface area is 147 Å². The van der Waals surface area contributed by atoms with Gasteiger partial charge < -0.3 is 10.2 Å². The number of amides is 1. The molecule has 1 aromatic rings. The predicted octanol–water partition coefficient (Wildman–Crippen LogP) is 0.304. The van der Waals surface area contributed by atoms with Gasteiger partial charge in [0.25, 0.3) is 0 Å². The summed E-state index contributed by atoms with van der Waals surface area (Å²) in [5, 5.41) is 18.6. The average molecular weight is 350 g/mol. The molecule has 2 saturated heterocycles. The van der Waals surface area contributed by atoms with Crippen molar-refractivity contribution in [2.75, 3.05) is 39.3 Å². The molecule has 138 valence electrons. The number of likely N-dealkylation sites (tertiary alicyclic amines) is 1. The van der Waals surface area contributed by atoms with E-state index in [-0.39, 0.29) is 11.6 Å². The summed E-state index contributed by atoms with van der Waals surface area (Å²) in [5.74, 6) is 0.104. The molecule has 1 atom stereocenters. The van der Waals surface area contributed by atoms with E-state index in [0.29, 0.717) is 30.4 Å². The van der Waals surface area contributed by atoms with E-state index >= 15 is 0 Å².